The van der Waals surface area contributed by atoms with Crippen molar-refractivity contribution >= 4 is 5.91 Å². The highest BCUT2D eigenvalue weighted by Gasteiger charge is 2.51. The topological polar surface area (TPSA) is 228 Å². The van der Waals surface area contributed by atoms with Gasteiger partial charge < -0.3 is 65.1 Å². The fraction of sp³-hybridized carbons (Fsp3) is 0.892. The highest BCUT2D eigenvalue weighted by molar-refractivity contribution is 5.76. The number of carbonyl (C=O) groups excluding carboxylic acids is 1. The van der Waals surface area contributed by atoms with Gasteiger partial charge in [-0.1, -0.05) is 262 Å². The summed E-state index contributed by atoms with van der Waals surface area (Å²) in [5.41, 5.74) is 0. The Morgan fingerprint density at radius 3 is 1.24 bits per heavy atom. The van der Waals surface area contributed by atoms with Gasteiger partial charge in [-0.2, -0.15) is 0 Å². The van der Waals surface area contributed by atoms with Crippen molar-refractivity contribution in [2.45, 2.75) is 351 Å². The molecule has 2 heterocycles. The van der Waals surface area contributed by atoms with Crippen LogP contribution in [0, 0.1) is 0 Å². The number of hydrogen-bond acceptors (Lipinski definition) is 13. The molecule has 2 fully saturated rings. The van der Waals surface area contributed by atoms with Crippen LogP contribution in [-0.4, -0.2) is 140 Å². The lowest BCUT2D eigenvalue weighted by Gasteiger charge is -2.46. The molecule has 0 bridgehead atoms. The first-order valence-electron chi connectivity index (χ1n) is 32.7. The highest BCUT2D eigenvalue weighted by Crippen LogP contribution is 2.30. The minimum Gasteiger partial charge on any atom is -0.394 e. The minimum atomic E-state index is -1.79. The average molecular weight is 1120 g/mol. The summed E-state index contributed by atoms with van der Waals surface area (Å²) in [6.45, 7) is 2.81. The Kier molecular flexibility index (Phi) is 47.0. The summed E-state index contributed by atoms with van der Waals surface area (Å²) in [6, 6.07) is -0.936. The zero-order valence-electron chi connectivity index (χ0n) is 50.1. The van der Waals surface area contributed by atoms with E-state index in [9.17, 15) is 45.6 Å². The number of unbranched alkanes of at least 4 members (excludes halogenated alkanes) is 36. The van der Waals surface area contributed by atoms with E-state index in [2.05, 4.69) is 43.5 Å². The SMILES string of the molecule is CCCCCCCCCCCCCCCCC/C=C/CC/C=C/CC/C=C/C(O)C(COC1OC(CO)C(OC2OC(CO)C(O)C(O)C2O)C(O)C1O)NC(=O)CCCCCCCCCCCCCCCCCCCCCC. The van der Waals surface area contributed by atoms with Gasteiger partial charge in [-0.25, -0.2) is 0 Å². The molecule has 464 valence electrons. The monoisotopic (exact) mass is 1120 g/mol. The lowest BCUT2D eigenvalue weighted by molar-refractivity contribution is -0.359. The molecule has 2 aliphatic rings. The van der Waals surface area contributed by atoms with Crippen LogP contribution in [-0.2, 0) is 23.7 Å². The van der Waals surface area contributed by atoms with Crippen LogP contribution in [0.15, 0.2) is 36.5 Å². The Labute approximate surface area is 481 Å². The molecule has 2 aliphatic heterocycles. The van der Waals surface area contributed by atoms with Crippen molar-refractivity contribution in [2.75, 3.05) is 19.8 Å². The number of amides is 1. The molecule has 1 amide bonds. The van der Waals surface area contributed by atoms with E-state index in [4.69, 9.17) is 18.9 Å². The van der Waals surface area contributed by atoms with Gasteiger partial charge in [-0.05, 0) is 44.9 Å². The fourth-order valence-electron chi connectivity index (χ4n) is 10.8. The number of ether oxygens (including phenoxy) is 4. The first kappa shape index (κ1) is 73.3. The van der Waals surface area contributed by atoms with Crippen LogP contribution in [0.2, 0.25) is 0 Å². The van der Waals surface area contributed by atoms with E-state index in [1.165, 1.54) is 199 Å². The Morgan fingerprint density at radius 2 is 0.810 bits per heavy atom. The van der Waals surface area contributed by atoms with Crippen LogP contribution in [0.3, 0.4) is 0 Å². The first-order chi connectivity index (χ1) is 38.6. The van der Waals surface area contributed by atoms with E-state index in [-0.39, 0.29) is 18.9 Å². The molecule has 0 aromatic rings. The Bertz CT molecular complexity index is 1460. The third kappa shape index (κ3) is 35.8. The van der Waals surface area contributed by atoms with Crippen LogP contribution in [0.5, 0.6) is 0 Å². The molecule has 12 unspecified atom stereocenters. The second kappa shape index (κ2) is 50.7. The van der Waals surface area contributed by atoms with Gasteiger partial charge in [0, 0.05) is 6.42 Å². The van der Waals surface area contributed by atoms with E-state index in [0.29, 0.717) is 12.8 Å². The molecular weight excluding hydrogens is 1000 g/mol. The van der Waals surface area contributed by atoms with E-state index < -0.39 is 86.8 Å². The summed E-state index contributed by atoms with van der Waals surface area (Å²) in [5.74, 6) is -0.248. The third-order valence-corrected chi connectivity index (χ3v) is 16.1. The second-order valence-electron chi connectivity index (χ2n) is 23.2. The molecule has 0 aromatic heterocycles. The maximum absolute atomic E-state index is 13.3. The van der Waals surface area contributed by atoms with Gasteiger partial charge in [0.25, 0.3) is 0 Å². The lowest BCUT2D eigenvalue weighted by atomic mass is 9.97. The van der Waals surface area contributed by atoms with Crippen molar-refractivity contribution in [3.63, 3.8) is 0 Å². The molecule has 79 heavy (non-hydrogen) atoms. The molecule has 0 aliphatic carbocycles. The van der Waals surface area contributed by atoms with E-state index in [1.807, 2.05) is 6.08 Å². The zero-order chi connectivity index (χ0) is 57.4. The summed E-state index contributed by atoms with van der Waals surface area (Å²) in [7, 11) is 0. The number of allylic oxidation sites excluding steroid dienone is 5. The van der Waals surface area contributed by atoms with E-state index in [1.54, 1.807) is 6.08 Å². The smallest absolute Gasteiger partial charge is 0.220 e. The van der Waals surface area contributed by atoms with Crippen LogP contribution in [0.25, 0.3) is 0 Å². The molecule has 14 heteroatoms. The Hall–Kier alpha value is -1.79. The summed E-state index contributed by atoms with van der Waals surface area (Å²) in [4.78, 5) is 13.3. The number of hydrogen-bond donors (Lipinski definition) is 9. The molecule has 12 atom stereocenters. The van der Waals surface area contributed by atoms with Gasteiger partial charge in [0.1, 0.15) is 48.8 Å². The molecule has 2 saturated heterocycles. The third-order valence-electron chi connectivity index (χ3n) is 16.1. The quantitative estimate of drug-likeness (QED) is 0.0204. The average Bonchev–Trinajstić information content (AvgIpc) is 3.47. The van der Waals surface area contributed by atoms with Gasteiger partial charge in [0.2, 0.25) is 5.91 Å². The van der Waals surface area contributed by atoms with Crippen molar-refractivity contribution in [3.8, 4) is 0 Å². The maximum atomic E-state index is 13.3. The Balaban J connectivity index is 1.75. The van der Waals surface area contributed by atoms with E-state index in [0.717, 1.165) is 44.9 Å². The normalized spacial score (nSPS) is 24.6. The predicted octanol–water partition coefficient (Wildman–Crippen LogP) is 12.2. The van der Waals surface area contributed by atoms with Gasteiger partial charge in [0.15, 0.2) is 12.6 Å². The van der Waals surface area contributed by atoms with Crippen LogP contribution in [0.4, 0.5) is 0 Å². The van der Waals surface area contributed by atoms with Gasteiger partial charge in [-0.15, -0.1) is 0 Å². The second-order valence-corrected chi connectivity index (χ2v) is 23.2. The van der Waals surface area contributed by atoms with Crippen LogP contribution >= 0.6 is 0 Å². The number of nitrogens with one attached hydrogen (secondary N) is 1. The van der Waals surface area contributed by atoms with Gasteiger partial charge in [0.05, 0.1) is 32.0 Å². The highest BCUT2D eigenvalue weighted by atomic mass is 16.7. The predicted molar refractivity (Wildman–Crippen MR) is 318 cm³/mol. The fourth-order valence-corrected chi connectivity index (χ4v) is 10.8. The first-order valence-corrected chi connectivity index (χ1v) is 32.7. The molecule has 2 rings (SSSR count). The molecule has 0 radical (unpaired) electrons. The molecule has 0 spiro atoms. The van der Waals surface area contributed by atoms with Crippen molar-refractivity contribution in [1.82, 2.24) is 5.32 Å². The maximum Gasteiger partial charge on any atom is 0.220 e. The van der Waals surface area contributed by atoms with Crippen LogP contribution < -0.4 is 5.32 Å². The molecule has 9 N–H and O–H groups in total. The van der Waals surface area contributed by atoms with Gasteiger partial charge >= 0.3 is 0 Å². The lowest BCUT2D eigenvalue weighted by Crippen LogP contribution is -2.65. The van der Waals surface area contributed by atoms with E-state index >= 15 is 0 Å². The molecular formula is C65H121NO13. The molecule has 0 aromatic carbocycles. The van der Waals surface area contributed by atoms with Crippen molar-refractivity contribution in [2.24, 2.45) is 0 Å². The number of rotatable bonds is 53. The van der Waals surface area contributed by atoms with Crippen LogP contribution in [0.1, 0.15) is 277 Å². The summed E-state index contributed by atoms with van der Waals surface area (Å²) < 4.78 is 22.8. The Morgan fingerprint density at radius 1 is 0.443 bits per heavy atom. The number of aliphatic hydroxyl groups excluding tert-OH is 8. The summed E-state index contributed by atoms with van der Waals surface area (Å²) >= 11 is 0. The van der Waals surface area contributed by atoms with Crippen molar-refractivity contribution in [3.05, 3.63) is 36.5 Å². The van der Waals surface area contributed by atoms with Crippen molar-refractivity contribution in [1.29, 1.82) is 0 Å². The van der Waals surface area contributed by atoms with Gasteiger partial charge in [-0.3, -0.25) is 4.79 Å². The zero-order valence-corrected chi connectivity index (χ0v) is 50.1. The largest absolute Gasteiger partial charge is 0.394 e. The number of carbonyl (C=O) groups is 1. The molecule has 14 nitrogen and oxygen atoms in total. The standard InChI is InChI=1S/C65H121NO13/c1-3-5-7-9-11-13-15-17-19-21-23-25-26-27-28-29-30-32-34-36-38-40-42-44-46-48-54(69)53(66-57(70)49-47-45-43-41-39-37-35-33-31-24-22-20-18-16-14-12-10-8-6-4-2)52-76-64-62(75)60(73)63(56(51-68)78-64)79-65-61(74)59(72)58(71)55(50-67)77-65/h30,32,38,40,46,48,53-56,58-65,67-69,71-75H,3-29,31,33-37,39,41-45,47,49-52H2,1-2H3,(H,66,70)/b32-30+,40-38+,48-46+. The summed E-state index contributed by atoms with van der Waals surface area (Å²) in [5, 5.41) is 87.2. The number of aliphatic hydroxyl groups is 8. The molecule has 0 saturated carbocycles. The van der Waals surface area contributed by atoms with Crippen molar-refractivity contribution < 1.29 is 64.6 Å². The summed E-state index contributed by atoms with van der Waals surface area (Å²) in [6.07, 6.45) is 46.2. The minimum absolute atomic E-state index is 0.248.